The smallest absolute Gasteiger partial charge is 0.200 e. The van der Waals surface area contributed by atoms with Gasteiger partial charge in [0.15, 0.2) is 4.71 Å². The van der Waals surface area contributed by atoms with E-state index in [2.05, 4.69) is 6.58 Å². The highest BCUT2D eigenvalue weighted by atomic mass is 35.5. The first kappa shape index (κ1) is 12.7. The fourth-order valence-corrected chi connectivity index (χ4v) is 2.36. The Bertz CT molecular complexity index is 504. The third kappa shape index (κ3) is 2.43. The van der Waals surface area contributed by atoms with Gasteiger partial charge in [-0.2, -0.15) is 0 Å². The molecule has 0 aromatic heterocycles. The number of carbonyl (C=O) groups is 1. The van der Waals surface area contributed by atoms with Crippen LogP contribution in [0.5, 0.6) is 0 Å². The number of hydrogen-bond donors (Lipinski definition) is 0. The minimum absolute atomic E-state index is 0.165. The van der Waals surface area contributed by atoms with Gasteiger partial charge in [0.25, 0.3) is 0 Å². The van der Waals surface area contributed by atoms with Crippen LogP contribution in [0.3, 0.4) is 0 Å². The van der Waals surface area contributed by atoms with Gasteiger partial charge in [-0.1, -0.05) is 36.4 Å². The van der Waals surface area contributed by atoms with Crippen molar-refractivity contribution in [3.8, 4) is 0 Å². The van der Waals surface area contributed by atoms with Crippen molar-refractivity contribution in [1.29, 1.82) is 0 Å². The van der Waals surface area contributed by atoms with E-state index < -0.39 is 20.5 Å². The van der Waals surface area contributed by atoms with Crippen LogP contribution in [0.15, 0.2) is 35.7 Å². The Hall–Kier alpha value is -1.33. The lowest BCUT2D eigenvalue weighted by molar-refractivity contribution is -0.302. The number of carboxylic acid groups (broad SMARTS) is 1. The summed E-state index contributed by atoms with van der Waals surface area (Å²) in [7, 11) is -4.09. The lowest BCUT2D eigenvalue weighted by Crippen LogP contribution is -2.37. The van der Waals surface area contributed by atoms with Gasteiger partial charge in [-0.25, -0.2) is 8.42 Å². The third-order valence-corrected chi connectivity index (χ3v) is 4.45. The molecule has 0 spiro atoms. The Kier molecular flexibility index (Phi) is 3.72. The van der Waals surface area contributed by atoms with Crippen LogP contribution >= 0.6 is 11.6 Å². The minimum Gasteiger partial charge on any atom is -0.547 e. The van der Waals surface area contributed by atoms with E-state index in [0.717, 1.165) is 5.56 Å². The molecule has 4 nitrogen and oxygen atoms in total. The fourth-order valence-electron chi connectivity index (χ4n) is 1.04. The maximum absolute atomic E-state index is 11.6. The molecule has 0 N–H and O–H groups in total. The largest absolute Gasteiger partial charge is 0.547 e. The van der Waals surface area contributed by atoms with Gasteiger partial charge in [-0.3, -0.25) is 0 Å². The Labute approximate surface area is 98.1 Å². The van der Waals surface area contributed by atoms with E-state index in [1.54, 1.807) is 0 Å². The predicted octanol–water partition coefficient (Wildman–Crippen LogP) is 0.418. The maximum atomic E-state index is 11.6. The van der Waals surface area contributed by atoms with Gasteiger partial charge in [0, 0.05) is 0 Å². The highest BCUT2D eigenvalue weighted by Crippen LogP contribution is 2.19. The molecule has 0 bridgehead atoms. The molecule has 1 unspecified atom stereocenters. The predicted molar refractivity (Wildman–Crippen MR) is 58.4 cm³/mol. The van der Waals surface area contributed by atoms with Crippen LogP contribution in [-0.2, 0) is 14.6 Å². The normalized spacial score (nSPS) is 13.1. The molecule has 0 aliphatic rings. The highest BCUT2D eigenvalue weighted by Gasteiger charge is 2.26. The number of rotatable bonds is 4. The first-order valence-electron chi connectivity index (χ1n) is 4.21. The van der Waals surface area contributed by atoms with Crippen molar-refractivity contribution in [2.75, 3.05) is 0 Å². The van der Waals surface area contributed by atoms with Crippen molar-refractivity contribution < 1.29 is 18.3 Å². The summed E-state index contributed by atoms with van der Waals surface area (Å²) in [5.41, 5.74) is 0.721. The third-order valence-electron chi connectivity index (χ3n) is 1.90. The molecule has 0 amide bonds. The Morgan fingerprint density at radius 3 is 2.25 bits per heavy atom. The molecule has 6 heteroatoms. The summed E-state index contributed by atoms with van der Waals surface area (Å²) in [6.07, 6.45) is 1.54. The first-order chi connectivity index (χ1) is 7.39. The molecule has 1 aromatic carbocycles. The van der Waals surface area contributed by atoms with Crippen LogP contribution in [-0.4, -0.2) is 19.1 Å². The number of carboxylic acids is 1. The van der Waals surface area contributed by atoms with Crippen LogP contribution in [0, 0.1) is 0 Å². The number of alkyl halides is 1. The molecule has 86 valence electrons. The second-order valence-corrected chi connectivity index (χ2v) is 5.68. The van der Waals surface area contributed by atoms with Crippen molar-refractivity contribution in [2.45, 2.75) is 9.60 Å². The SMILES string of the molecule is C=Cc1ccc(S(=O)(=O)C(Cl)C(=O)[O-])cc1. The number of benzene rings is 1. The summed E-state index contributed by atoms with van der Waals surface area (Å²) < 4.78 is 21.1. The van der Waals surface area contributed by atoms with Gasteiger partial charge in [-0.05, 0) is 17.7 Å². The summed E-state index contributed by atoms with van der Waals surface area (Å²) in [5.74, 6) is -1.84. The lowest BCUT2D eigenvalue weighted by atomic mass is 10.2. The number of aliphatic carboxylic acids is 1. The molecule has 1 rings (SSSR count). The quantitative estimate of drug-likeness (QED) is 0.735. The summed E-state index contributed by atoms with van der Waals surface area (Å²) in [6, 6.07) is 5.53. The zero-order valence-electron chi connectivity index (χ0n) is 8.09. The zero-order valence-corrected chi connectivity index (χ0v) is 9.66. The highest BCUT2D eigenvalue weighted by molar-refractivity contribution is 7.94. The van der Waals surface area contributed by atoms with Crippen LogP contribution in [0.1, 0.15) is 5.56 Å². The van der Waals surface area contributed by atoms with Crippen LogP contribution < -0.4 is 5.11 Å². The van der Waals surface area contributed by atoms with Crippen molar-refractivity contribution in [1.82, 2.24) is 0 Å². The van der Waals surface area contributed by atoms with Crippen LogP contribution in [0.2, 0.25) is 0 Å². The topological polar surface area (TPSA) is 74.3 Å². The van der Waals surface area contributed by atoms with Crippen LogP contribution in [0.4, 0.5) is 0 Å². The molecule has 1 aromatic rings. The summed E-state index contributed by atoms with van der Waals surface area (Å²) >= 11 is 5.25. The van der Waals surface area contributed by atoms with E-state index in [9.17, 15) is 18.3 Å². The van der Waals surface area contributed by atoms with E-state index in [1.165, 1.54) is 30.3 Å². The van der Waals surface area contributed by atoms with Crippen LogP contribution in [0.25, 0.3) is 6.08 Å². The first-order valence-corrected chi connectivity index (χ1v) is 6.19. The monoisotopic (exact) mass is 259 g/mol. The molecule has 1 atom stereocenters. The van der Waals surface area contributed by atoms with Gasteiger partial charge in [0.1, 0.15) is 0 Å². The molecule has 0 aliphatic carbocycles. The minimum atomic E-state index is -4.09. The average Bonchev–Trinajstić information content (AvgIpc) is 2.28. The molecule has 0 aliphatic heterocycles. The lowest BCUT2D eigenvalue weighted by Gasteiger charge is -2.11. The van der Waals surface area contributed by atoms with Gasteiger partial charge in [-0.15, -0.1) is 0 Å². The van der Waals surface area contributed by atoms with Crippen molar-refractivity contribution in [3.05, 3.63) is 36.4 Å². The van der Waals surface area contributed by atoms with E-state index in [-0.39, 0.29) is 4.90 Å². The zero-order chi connectivity index (χ0) is 12.3. The summed E-state index contributed by atoms with van der Waals surface area (Å²) in [4.78, 5) is 10.2. The second kappa shape index (κ2) is 4.67. The Morgan fingerprint density at radius 1 is 1.38 bits per heavy atom. The maximum Gasteiger partial charge on any atom is 0.200 e. The second-order valence-electron chi connectivity index (χ2n) is 2.95. The Morgan fingerprint density at radius 2 is 1.88 bits per heavy atom. The summed E-state index contributed by atoms with van der Waals surface area (Å²) in [5, 5.41) is 10.4. The number of halogens is 1. The average molecular weight is 260 g/mol. The van der Waals surface area contributed by atoms with Crippen molar-refractivity contribution in [3.63, 3.8) is 0 Å². The van der Waals surface area contributed by atoms with Gasteiger partial charge in [0.2, 0.25) is 9.84 Å². The number of sulfone groups is 1. The number of hydrogen-bond acceptors (Lipinski definition) is 4. The molecule has 0 saturated heterocycles. The summed E-state index contributed by atoms with van der Waals surface area (Å²) in [6.45, 7) is 3.51. The van der Waals surface area contributed by atoms with Gasteiger partial charge in [0.05, 0.1) is 10.9 Å². The molecule has 0 radical (unpaired) electrons. The van der Waals surface area contributed by atoms with Crippen molar-refractivity contribution in [2.24, 2.45) is 0 Å². The molecule has 16 heavy (non-hydrogen) atoms. The van der Waals surface area contributed by atoms with E-state index in [4.69, 9.17) is 11.6 Å². The molecule has 0 saturated carbocycles. The van der Waals surface area contributed by atoms with E-state index >= 15 is 0 Å². The molecule has 0 heterocycles. The molecule has 0 fully saturated rings. The molecular formula is C10H8ClO4S-. The van der Waals surface area contributed by atoms with E-state index in [1.807, 2.05) is 0 Å². The van der Waals surface area contributed by atoms with E-state index in [0.29, 0.717) is 0 Å². The van der Waals surface area contributed by atoms with Gasteiger partial charge < -0.3 is 9.90 Å². The Balaban J connectivity index is 3.17. The fraction of sp³-hybridized carbons (Fsp3) is 0.100. The number of carbonyl (C=O) groups excluding carboxylic acids is 1. The standard InChI is InChI=1S/C10H9ClO4S/c1-2-7-3-5-8(6-4-7)16(14,15)9(11)10(12)13/h2-6,9H,1H2,(H,12,13)/p-1. The van der Waals surface area contributed by atoms with Crippen molar-refractivity contribution >= 4 is 33.5 Å². The van der Waals surface area contributed by atoms with Gasteiger partial charge >= 0.3 is 0 Å². The molecular weight excluding hydrogens is 252 g/mol.